The van der Waals surface area contributed by atoms with Gasteiger partial charge in [-0.3, -0.25) is 0 Å². The van der Waals surface area contributed by atoms with Crippen LogP contribution in [0.3, 0.4) is 0 Å². The van der Waals surface area contributed by atoms with E-state index in [-0.39, 0.29) is 0 Å². The molecule has 0 unspecified atom stereocenters. The maximum atomic E-state index is 6.66. The molecule has 3 aromatic heterocycles. The van der Waals surface area contributed by atoms with Crippen molar-refractivity contribution in [2.75, 3.05) is 0 Å². The second-order valence-electron chi connectivity index (χ2n) is 14.0. The fourth-order valence-electron chi connectivity index (χ4n) is 8.09. The van der Waals surface area contributed by atoms with Gasteiger partial charge in [-0.15, -0.1) is 0 Å². The van der Waals surface area contributed by atoms with Gasteiger partial charge in [0.15, 0.2) is 17.5 Å². The Morgan fingerprint density at radius 3 is 1.54 bits per heavy atom. The molecular weight excluding hydrogens is 685 g/mol. The van der Waals surface area contributed by atoms with Crippen LogP contribution in [0.4, 0.5) is 0 Å². The molecule has 0 atom stereocenters. The average Bonchev–Trinajstić information content (AvgIpc) is 3.83. The van der Waals surface area contributed by atoms with E-state index in [2.05, 4.69) is 162 Å². The van der Waals surface area contributed by atoms with Crippen LogP contribution in [-0.2, 0) is 0 Å². The first-order chi connectivity index (χ1) is 27.8. The van der Waals surface area contributed by atoms with Crippen LogP contribution in [0, 0.1) is 0 Å². The number of aromatic nitrogens is 4. The summed E-state index contributed by atoms with van der Waals surface area (Å²) in [4.78, 5) is 15.9. The number of fused-ring (bicyclic) bond motifs is 6. The number of hydrogen-bond donors (Lipinski definition) is 0. The van der Waals surface area contributed by atoms with E-state index in [9.17, 15) is 0 Å². The van der Waals surface area contributed by atoms with Crippen molar-refractivity contribution in [1.82, 2.24) is 19.5 Å². The van der Waals surface area contributed by atoms with Gasteiger partial charge in [-0.2, -0.15) is 0 Å². The van der Waals surface area contributed by atoms with Crippen LogP contribution in [-0.4, -0.2) is 19.5 Å². The Labute approximate surface area is 322 Å². The van der Waals surface area contributed by atoms with E-state index < -0.39 is 0 Å². The minimum Gasteiger partial charge on any atom is -0.455 e. The van der Waals surface area contributed by atoms with Crippen LogP contribution in [0.5, 0.6) is 0 Å². The van der Waals surface area contributed by atoms with Crippen molar-refractivity contribution in [1.29, 1.82) is 0 Å². The molecule has 0 saturated carbocycles. The van der Waals surface area contributed by atoms with Gasteiger partial charge in [-0.25, -0.2) is 15.0 Å². The van der Waals surface area contributed by atoms with Gasteiger partial charge < -0.3 is 8.98 Å². The summed E-state index contributed by atoms with van der Waals surface area (Å²) in [5.41, 5.74) is 11.8. The van der Waals surface area contributed by atoms with Crippen LogP contribution in [0.15, 0.2) is 199 Å². The van der Waals surface area contributed by atoms with Crippen LogP contribution in [0.25, 0.3) is 106 Å². The summed E-state index contributed by atoms with van der Waals surface area (Å²) in [5, 5.41) is 4.36. The largest absolute Gasteiger partial charge is 0.455 e. The van der Waals surface area contributed by atoms with Gasteiger partial charge in [0.05, 0.1) is 16.7 Å². The van der Waals surface area contributed by atoms with Crippen LogP contribution in [0.1, 0.15) is 0 Å². The number of para-hydroxylation sites is 3. The van der Waals surface area contributed by atoms with Crippen molar-refractivity contribution in [3.63, 3.8) is 0 Å². The standard InChI is InChI=1S/C51H32N4O/c1-4-16-33(17-5-1)36-28-29-40(45(32-36)55-43-25-13-10-22-38(43)39-23-11-14-26-44(39)55)50-52-49(35-20-8-3-9-21-35)53-51(54-50)42-31-30-37(34-18-6-2-7-19-34)48-47(42)41-24-12-15-27-46(41)56-48/h1-32H. The summed E-state index contributed by atoms with van der Waals surface area (Å²) in [6.07, 6.45) is 0. The van der Waals surface area contributed by atoms with E-state index in [1.54, 1.807) is 0 Å². The molecule has 0 amide bonds. The Morgan fingerprint density at radius 1 is 0.357 bits per heavy atom. The molecule has 3 heterocycles. The van der Waals surface area contributed by atoms with Crippen molar-refractivity contribution in [2.24, 2.45) is 0 Å². The van der Waals surface area contributed by atoms with Crippen molar-refractivity contribution in [3.8, 4) is 62.1 Å². The Bertz CT molecular complexity index is 3190. The Morgan fingerprint density at radius 2 is 0.857 bits per heavy atom. The molecule has 11 aromatic rings. The lowest BCUT2D eigenvalue weighted by Crippen LogP contribution is -2.04. The van der Waals surface area contributed by atoms with Gasteiger partial charge in [0.2, 0.25) is 0 Å². The third-order valence-electron chi connectivity index (χ3n) is 10.7. The summed E-state index contributed by atoms with van der Waals surface area (Å²) in [6, 6.07) is 67.3. The third-order valence-corrected chi connectivity index (χ3v) is 10.7. The lowest BCUT2D eigenvalue weighted by atomic mass is 9.98. The van der Waals surface area contributed by atoms with E-state index in [1.807, 2.05) is 36.4 Å². The summed E-state index contributed by atoms with van der Waals surface area (Å²) >= 11 is 0. The summed E-state index contributed by atoms with van der Waals surface area (Å²) in [6.45, 7) is 0. The summed E-state index contributed by atoms with van der Waals surface area (Å²) in [7, 11) is 0. The fraction of sp³-hybridized carbons (Fsp3) is 0. The van der Waals surface area contributed by atoms with E-state index in [1.165, 1.54) is 10.8 Å². The molecule has 0 bridgehead atoms. The molecule has 0 aliphatic heterocycles. The van der Waals surface area contributed by atoms with E-state index >= 15 is 0 Å². The van der Waals surface area contributed by atoms with E-state index in [0.717, 1.165) is 77.6 Å². The minimum absolute atomic E-state index is 0.574. The predicted octanol–water partition coefficient (Wildman–Crippen LogP) is 13.2. The van der Waals surface area contributed by atoms with Crippen molar-refractivity contribution in [2.45, 2.75) is 0 Å². The maximum absolute atomic E-state index is 6.66. The number of hydrogen-bond acceptors (Lipinski definition) is 4. The number of benzene rings is 8. The minimum atomic E-state index is 0.574. The van der Waals surface area contributed by atoms with Crippen molar-refractivity contribution >= 4 is 43.7 Å². The molecule has 0 radical (unpaired) electrons. The quantitative estimate of drug-likeness (QED) is 0.172. The molecule has 5 heteroatoms. The highest BCUT2D eigenvalue weighted by atomic mass is 16.3. The summed E-state index contributed by atoms with van der Waals surface area (Å²) in [5.74, 6) is 1.75. The highest BCUT2D eigenvalue weighted by molar-refractivity contribution is 6.16. The molecule has 0 aliphatic carbocycles. The molecule has 0 aliphatic rings. The van der Waals surface area contributed by atoms with Crippen LogP contribution < -0.4 is 0 Å². The molecule has 262 valence electrons. The highest BCUT2D eigenvalue weighted by Gasteiger charge is 2.23. The molecule has 0 spiro atoms. The first-order valence-electron chi connectivity index (χ1n) is 18.8. The smallest absolute Gasteiger partial charge is 0.166 e. The van der Waals surface area contributed by atoms with Gasteiger partial charge in [-0.05, 0) is 59.2 Å². The predicted molar refractivity (Wildman–Crippen MR) is 229 cm³/mol. The molecule has 56 heavy (non-hydrogen) atoms. The van der Waals surface area contributed by atoms with E-state index in [4.69, 9.17) is 19.4 Å². The van der Waals surface area contributed by atoms with Gasteiger partial charge in [0.1, 0.15) is 11.2 Å². The van der Waals surface area contributed by atoms with Gasteiger partial charge in [0.25, 0.3) is 0 Å². The Hall–Kier alpha value is -7.63. The molecule has 8 aromatic carbocycles. The average molecular weight is 717 g/mol. The van der Waals surface area contributed by atoms with Crippen molar-refractivity contribution in [3.05, 3.63) is 194 Å². The van der Waals surface area contributed by atoms with Crippen LogP contribution >= 0.6 is 0 Å². The van der Waals surface area contributed by atoms with Gasteiger partial charge in [0, 0.05) is 43.8 Å². The lowest BCUT2D eigenvalue weighted by Gasteiger charge is -2.16. The van der Waals surface area contributed by atoms with Crippen LogP contribution in [0.2, 0.25) is 0 Å². The lowest BCUT2D eigenvalue weighted by molar-refractivity contribution is 0.670. The zero-order valence-corrected chi connectivity index (χ0v) is 30.2. The Balaban J connectivity index is 1.22. The third kappa shape index (κ3) is 5.21. The summed E-state index contributed by atoms with van der Waals surface area (Å²) < 4.78 is 9.02. The highest BCUT2D eigenvalue weighted by Crippen LogP contribution is 2.43. The zero-order valence-electron chi connectivity index (χ0n) is 30.2. The first kappa shape index (κ1) is 31.9. The molecule has 0 N–H and O–H groups in total. The second-order valence-corrected chi connectivity index (χ2v) is 14.0. The van der Waals surface area contributed by atoms with Crippen molar-refractivity contribution < 1.29 is 4.42 Å². The molecule has 0 fully saturated rings. The number of furan rings is 1. The van der Waals surface area contributed by atoms with Gasteiger partial charge >= 0.3 is 0 Å². The van der Waals surface area contributed by atoms with E-state index in [0.29, 0.717) is 17.5 Å². The SMILES string of the molecule is c1ccc(-c2ccc(-c3nc(-c4ccccc4)nc(-c4ccc(-c5ccccc5)c5oc6ccccc6c45)n3)c(-n3c4ccccc4c4ccccc43)c2)cc1. The molecule has 5 nitrogen and oxygen atoms in total. The molecule has 11 rings (SSSR count). The number of rotatable bonds is 6. The topological polar surface area (TPSA) is 56.7 Å². The maximum Gasteiger partial charge on any atom is 0.166 e. The molecule has 0 saturated heterocycles. The zero-order chi connectivity index (χ0) is 37.0. The fourth-order valence-corrected chi connectivity index (χ4v) is 8.09. The molecular formula is C51H32N4O. The van der Waals surface area contributed by atoms with Gasteiger partial charge in [-0.1, -0.05) is 152 Å². The Kier molecular flexibility index (Phi) is 7.42. The number of nitrogens with zero attached hydrogens (tertiary/aromatic N) is 4. The first-order valence-corrected chi connectivity index (χ1v) is 18.8. The monoisotopic (exact) mass is 716 g/mol. The second kappa shape index (κ2) is 13.0. The normalized spacial score (nSPS) is 11.6.